The number of rotatable bonds is 1. The van der Waals surface area contributed by atoms with Crippen LogP contribution in [0.1, 0.15) is 5.56 Å². The van der Waals surface area contributed by atoms with Crippen LogP contribution < -0.4 is 5.32 Å². The van der Waals surface area contributed by atoms with Gasteiger partial charge in [-0.1, -0.05) is 11.6 Å². The highest BCUT2D eigenvalue weighted by atomic mass is 35.5. The molecule has 2 N–H and O–H groups in total. The quantitative estimate of drug-likeness (QED) is 0.757. The third kappa shape index (κ3) is 3.58. The van der Waals surface area contributed by atoms with Crippen molar-refractivity contribution in [2.75, 3.05) is 5.32 Å². The van der Waals surface area contributed by atoms with Crippen molar-refractivity contribution in [3.05, 3.63) is 28.8 Å². The zero-order valence-electron chi connectivity index (χ0n) is 7.51. The predicted molar refractivity (Wildman–Crippen MR) is 50.6 cm³/mol. The smallest absolute Gasteiger partial charge is 0.417 e. The average Bonchev–Trinajstić information content (AvgIpc) is 2.05. The molecule has 0 aliphatic heterocycles. The molecule has 0 aliphatic rings. The Morgan fingerprint density at radius 2 is 1.94 bits per heavy atom. The Kier molecular flexibility index (Phi) is 4.55. The molecule has 90 valence electrons. The minimum atomic E-state index is -4.60. The summed E-state index contributed by atoms with van der Waals surface area (Å²) in [5.74, 6) is 0. The summed E-state index contributed by atoms with van der Waals surface area (Å²) in [4.78, 5) is 10.2. The van der Waals surface area contributed by atoms with Gasteiger partial charge in [-0.05, 0) is 18.2 Å². The summed E-state index contributed by atoms with van der Waals surface area (Å²) in [6.07, 6.45) is -6.04. The van der Waals surface area contributed by atoms with E-state index in [0.29, 0.717) is 6.07 Å². The first-order chi connectivity index (χ1) is 6.80. The fourth-order valence-corrected chi connectivity index (χ4v) is 1.17. The fraction of sp³-hybridized carbons (Fsp3) is 0.125. The number of anilines is 1. The Hall–Kier alpha value is -1.50. The van der Waals surface area contributed by atoms with Crippen LogP contribution in [-0.4, -0.2) is 11.2 Å². The van der Waals surface area contributed by atoms with Gasteiger partial charge in [0.25, 0.3) is 0 Å². The van der Waals surface area contributed by atoms with Crippen LogP contribution in [0.5, 0.6) is 0 Å². The van der Waals surface area contributed by atoms with E-state index in [0.717, 1.165) is 12.1 Å². The van der Waals surface area contributed by atoms with Crippen molar-refractivity contribution in [1.82, 2.24) is 0 Å². The molecule has 0 atom stereocenters. The van der Waals surface area contributed by atoms with Gasteiger partial charge in [0.05, 0.1) is 10.6 Å². The number of hydrogen-bond acceptors (Lipinski definition) is 1. The van der Waals surface area contributed by atoms with Gasteiger partial charge < -0.3 is 5.11 Å². The normalized spacial score (nSPS) is 10.5. The number of nitrogens with one attached hydrogen (secondary N) is 1. The van der Waals surface area contributed by atoms with Crippen molar-refractivity contribution in [2.45, 2.75) is 6.18 Å². The Balaban J connectivity index is 0.00000225. The summed E-state index contributed by atoms with van der Waals surface area (Å²) >= 11 is 5.32. The second-order valence-corrected chi connectivity index (χ2v) is 3.03. The minimum Gasteiger partial charge on any atom is -0.465 e. The van der Waals surface area contributed by atoms with Crippen LogP contribution in [0.15, 0.2) is 18.2 Å². The first-order valence-corrected chi connectivity index (χ1v) is 4.05. The van der Waals surface area contributed by atoms with Crippen molar-refractivity contribution in [3.8, 4) is 0 Å². The van der Waals surface area contributed by atoms with Gasteiger partial charge in [0.15, 0.2) is 0 Å². The zero-order valence-corrected chi connectivity index (χ0v) is 8.26. The molecule has 1 aromatic rings. The highest BCUT2D eigenvalue weighted by Crippen LogP contribution is 2.36. The molecule has 0 spiro atoms. The lowest BCUT2D eigenvalue weighted by molar-refractivity contribution is -0.137. The van der Waals surface area contributed by atoms with Gasteiger partial charge in [0.2, 0.25) is 0 Å². The van der Waals surface area contributed by atoms with E-state index in [4.69, 9.17) is 16.7 Å². The average molecular weight is 260 g/mol. The summed E-state index contributed by atoms with van der Waals surface area (Å²) in [5.41, 5.74) is -1.25. The van der Waals surface area contributed by atoms with Crippen molar-refractivity contribution >= 4 is 23.4 Å². The lowest BCUT2D eigenvalue weighted by Gasteiger charge is -2.10. The van der Waals surface area contributed by atoms with Crippen molar-refractivity contribution in [1.29, 1.82) is 0 Å². The molecule has 0 aliphatic carbocycles. The summed E-state index contributed by atoms with van der Waals surface area (Å²) in [6.45, 7) is 0. The van der Waals surface area contributed by atoms with E-state index < -0.39 is 22.9 Å². The van der Waals surface area contributed by atoms with Crippen LogP contribution in [0.2, 0.25) is 5.02 Å². The number of carboxylic acid groups (broad SMARTS) is 1. The standard InChI is InChI=1S/C8H5ClF3NO2.FH/c9-6-2-1-4(13-7(14)15)3-5(6)8(10,11)12;/h1-3,13H,(H,14,15);1H. The second kappa shape index (κ2) is 5.02. The Bertz CT molecular complexity index is 394. The van der Waals surface area contributed by atoms with Crippen LogP contribution in [0.4, 0.5) is 28.4 Å². The van der Waals surface area contributed by atoms with Gasteiger partial charge in [-0.25, -0.2) is 4.79 Å². The van der Waals surface area contributed by atoms with Crippen LogP contribution in [-0.2, 0) is 6.18 Å². The second-order valence-electron chi connectivity index (χ2n) is 2.62. The Labute approximate surface area is 92.2 Å². The summed E-state index contributed by atoms with van der Waals surface area (Å²) < 4.78 is 36.9. The highest BCUT2D eigenvalue weighted by Gasteiger charge is 2.33. The molecule has 0 aromatic heterocycles. The van der Waals surface area contributed by atoms with Crippen molar-refractivity contribution in [3.63, 3.8) is 0 Å². The maximum absolute atomic E-state index is 12.3. The van der Waals surface area contributed by atoms with Gasteiger partial charge in [-0.15, -0.1) is 0 Å². The zero-order chi connectivity index (χ0) is 11.6. The van der Waals surface area contributed by atoms with E-state index >= 15 is 0 Å². The van der Waals surface area contributed by atoms with E-state index in [1.165, 1.54) is 0 Å². The summed E-state index contributed by atoms with van der Waals surface area (Å²) in [6, 6.07) is 2.76. The molecule has 1 amide bonds. The summed E-state index contributed by atoms with van der Waals surface area (Å²) in [7, 11) is 0. The lowest BCUT2D eigenvalue weighted by Crippen LogP contribution is -2.10. The van der Waals surface area contributed by atoms with Gasteiger partial charge >= 0.3 is 12.3 Å². The summed E-state index contributed by atoms with van der Waals surface area (Å²) in [5, 5.41) is 9.63. The first-order valence-electron chi connectivity index (χ1n) is 3.67. The molecular formula is C8H6ClF4NO2. The SMILES string of the molecule is F.O=C(O)Nc1ccc(Cl)c(C(F)(F)F)c1. The third-order valence-corrected chi connectivity index (χ3v) is 1.85. The van der Waals surface area contributed by atoms with Crippen LogP contribution >= 0.6 is 11.6 Å². The maximum atomic E-state index is 12.3. The highest BCUT2D eigenvalue weighted by molar-refractivity contribution is 6.31. The largest absolute Gasteiger partial charge is 0.465 e. The molecular weight excluding hydrogens is 254 g/mol. The van der Waals surface area contributed by atoms with E-state index in [9.17, 15) is 18.0 Å². The number of halogens is 5. The first kappa shape index (κ1) is 14.5. The lowest BCUT2D eigenvalue weighted by atomic mass is 10.2. The monoisotopic (exact) mass is 259 g/mol. The molecule has 0 saturated heterocycles. The van der Waals surface area contributed by atoms with E-state index in [-0.39, 0.29) is 10.4 Å². The van der Waals surface area contributed by atoms with Gasteiger partial charge in [0.1, 0.15) is 0 Å². The molecule has 1 rings (SSSR count). The predicted octanol–water partition coefficient (Wildman–Crippen LogP) is 3.60. The van der Waals surface area contributed by atoms with Gasteiger partial charge in [-0.2, -0.15) is 13.2 Å². The number of carbonyl (C=O) groups is 1. The number of alkyl halides is 3. The Morgan fingerprint density at radius 3 is 2.38 bits per heavy atom. The number of amides is 1. The molecule has 0 fully saturated rings. The van der Waals surface area contributed by atoms with Crippen LogP contribution in [0, 0.1) is 0 Å². The number of benzene rings is 1. The van der Waals surface area contributed by atoms with E-state index in [1.54, 1.807) is 5.32 Å². The Morgan fingerprint density at radius 1 is 1.38 bits per heavy atom. The molecule has 1 aromatic carbocycles. The third-order valence-electron chi connectivity index (χ3n) is 1.52. The van der Waals surface area contributed by atoms with Crippen molar-refractivity contribution < 1.29 is 27.8 Å². The van der Waals surface area contributed by atoms with E-state index in [2.05, 4.69) is 0 Å². The van der Waals surface area contributed by atoms with Gasteiger partial charge in [-0.3, -0.25) is 10.0 Å². The van der Waals surface area contributed by atoms with Gasteiger partial charge in [0, 0.05) is 5.69 Å². The molecule has 8 heteroatoms. The van der Waals surface area contributed by atoms with E-state index in [1.807, 2.05) is 0 Å². The topological polar surface area (TPSA) is 49.3 Å². The van der Waals surface area contributed by atoms with Crippen LogP contribution in [0.25, 0.3) is 0 Å². The maximum Gasteiger partial charge on any atom is 0.417 e. The minimum absolute atomic E-state index is 0. The van der Waals surface area contributed by atoms with Crippen LogP contribution in [0.3, 0.4) is 0 Å². The number of hydrogen-bond donors (Lipinski definition) is 2. The molecule has 0 bridgehead atoms. The fourth-order valence-electron chi connectivity index (χ4n) is 0.944. The molecule has 3 nitrogen and oxygen atoms in total. The van der Waals surface area contributed by atoms with Crippen molar-refractivity contribution in [2.24, 2.45) is 0 Å². The molecule has 0 saturated carbocycles. The molecule has 16 heavy (non-hydrogen) atoms. The molecule has 0 radical (unpaired) electrons. The molecule has 0 unspecified atom stereocenters. The molecule has 0 heterocycles.